The summed E-state index contributed by atoms with van der Waals surface area (Å²) in [7, 11) is 6.74. The fraction of sp³-hybridized carbons (Fsp3) is 0.250. The van der Waals surface area contributed by atoms with Crippen molar-refractivity contribution in [3.05, 3.63) is 41.0 Å². The van der Waals surface area contributed by atoms with Gasteiger partial charge in [-0.2, -0.15) is 0 Å². The number of anilines is 2. The molecule has 1 aromatic carbocycles. The average Bonchev–Trinajstić information content (AvgIpc) is 2.54. The smallest absolute Gasteiger partial charge is 0.256 e. The summed E-state index contributed by atoms with van der Waals surface area (Å²) in [5, 5.41) is 3.05. The number of carbonyl (C=O) groups excluding carboxylic acids is 1. The molecule has 2 rings (SSSR count). The molecule has 1 aromatic heterocycles. The van der Waals surface area contributed by atoms with Crippen LogP contribution in [0, 0.1) is 0 Å². The molecule has 0 spiro atoms. The highest BCUT2D eigenvalue weighted by Gasteiger charge is 2.13. The van der Waals surface area contributed by atoms with E-state index in [4.69, 9.17) is 21.1 Å². The Kier molecular flexibility index (Phi) is 5.28. The second-order valence-corrected chi connectivity index (χ2v) is 5.34. The van der Waals surface area contributed by atoms with Crippen molar-refractivity contribution in [2.24, 2.45) is 0 Å². The normalized spacial score (nSPS) is 10.1. The first-order chi connectivity index (χ1) is 10.9. The minimum atomic E-state index is -0.316. The molecule has 0 saturated carbocycles. The largest absolute Gasteiger partial charge is 0.497 e. The lowest BCUT2D eigenvalue weighted by Gasteiger charge is -2.14. The lowest BCUT2D eigenvalue weighted by Crippen LogP contribution is -2.16. The number of aromatic nitrogens is 1. The lowest BCUT2D eigenvalue weighted by molar-refractivity contribution is 0.102. The number of halogens is 1. The van der Waals surface area contributed by atoms with Gasteiger partial charge in [0, 0.05) is 25.7 Å². The minimum Gasteiger partial charge on any atom is -0.497 e. The number of ether oxygens (including phenoxy) is 2. The lowest BCUT2D eigenvalue weighted by atomic mass is 10.2. The topological polar surface area (TPSA) is 63.7 Å². The predicted octanol–water partition coefficient (Wildman–Crippen LogP) is 3.07. The number of benzene rings is 1. The van der Waals surface area contributed by atoms with Crippen LogP contribution in [0.3, 0.4) is 0 Å². The molecule has 1 amide bonds. The Morgan fingerprint density at radius 2 is 1.91 bits per heavy atom. The Labute approximate surface area is 140 Å². The third-order valence-corrected chi connectivity index (χ3v) is 3.35. The van der Waals surface area contributed by atoms with Crippen molar-refractivity contribution in [3.63, 3.8) is 0 Å². The van der Waals surface area contributed by atoms with E-state index in [0.717, 1.165) is 0 Å². The van der Waals surface area contributed by atoms with Gasteiger partial charge >= 0.3 is 0 Å². The molecule has 122 valence electrons. The van der Waals surface area contributed by atoms with Crippen LogP contribution >= 0.6 is 11.6 Å². The van der Waals surface area contributed by atoms with Gasteiger partial charge in [0.2, 0.25) is 0 Å². The van der Waals surface area contributed by atoms with Gasteiger partial charge in [0.05, 0.1) is 19.9 Å². The maximum absolute atomic E-state index is 12.5. The van der Waals surface area contributed by atoms with Crippen LogP contribution in [0.5, 0.6) is 11.5 Å². The van der Waals surface area contributed by atoms with Gasteiger partial charge in [0.15, 0.2) is 0 Å². The van der Waals surface area contributed by atoms with E-state index in [1.54, 1.807) is 36.3 Å². The first-order valence-corrected chi connectivity index (χ1v) is 7.20. The van der Waals surface area contributed by atoms with E-state index in [9.17, 15) is 4.79 Å². The van der Waals surface area contributed by atoms with Gasteiger partial charge in [0.25, 0.3) is 5.91 Å². The fourth-order valence-corrected chi connectivity index (χ4v) is 2.15. The number of methoxy groups -OCH3 is 2. The Morgan fingerprint density at radius 3 is 2.52 bits per heavy atom. The average molecular weight is 336 g/mol. The molecule has 1 heterocycles. The molecule has 0 radical (unpaired) electrons. The maximum Gasteiger partial charge on any atom is 0.256 e. The summed E-state index contributed by atoms with van der Waals surface area (Å²) in [6.07, 6.45) is 0. The van der Waals surface area contributed by atoms with E-state index >= 15 is 0 Å². The molecular formula is C16H18ClN3O3. The Morgan fingerprint density at radius 1 is 1.17 bits per heavy atom. The zero-order chi connectivity index (χ0) is 17.0. The van der Waals surface area contributed by atoms with Crippen molar-refractivity contribution >= 4 is 29.0 Å². The first kappa shape index (κ1) is 16.9. The van der Waals surface area contributed by atoms with E-state index in [1.165, 1.54) is 13.2 Å². The summed E-state index contributed by atoms with van der Waals surface area (Å²) in [5.74, 6) is 1.43. The number of amides is 1. The molecule has 0 saturated heterocycles. The summed E-state index contributed by atoms with van der Waals surface area (Å²) < 4.78 is 10.4. The summed E-state index contributed by atoms with van der Waals surface area (Å²) in [6.45, 7) is 0. The molecule has 23 heavy (non-hydrogen) atoms. The summed E-state index contributed by atoms with van der Waals surface area (Å²) in [6, 6.07) is 8.33. The second kappa shape index (κ2) is 7.19. The number of carbonyl (C=O) groups is 1. The third kappa shape index (κ3) is 4.04. The van der Waals surface area contributed by atoms with Gasteiger partial charge in [-0.3, -0.25) is 4.79 Å². The van der Waals surface area contributed by atoms with Gasteiger partial charge in [-0.05, 0) is 24.3 Å². The van der Waals surface area contributed by atoms with Crippen LogP contribution < -0.4 is 19.7 Å². The van der Waals surface area contributed by atoms with Crippen LogP contribution in [-0.4, -0.2) is 39.2 Å². The number of nitrogens with one attached hydrogen (secondary N) is 1. The summed E-state index contributed by atoms with van der Waals surface area (Å²) in [5.41, 5.74) is 0.912. The Bertz CT molecular complexity index is 720. The molecule has 7 heteroatoms. The molecule has 0 aliphatic carbocycles. The van der Waals surface area contributed by atoms with Gasteiger partial charge < -0.3 is 19.7 Å². The van der Waals surface area contributed by atoms with E-state index < -0.39 is 0 Å². The predicted molar refractivity (Wildman–Crippen MR) is 91.1 cm³/mol. The first-order valence-electron chi connectivity index (χ1n) is 6.83. The molecule has 1 N–H and O–H groups in total. The zero-order valence-corrected chi connectivity index (χ0v) is 14.1. The molecule has 0 bridgehead atoms. The number of hydrogen-bond donors (Lipinski definition) is 1. The fourth-order valence-electron chi connectivity index (χ4n) is 1.95. The second-order valence-electron chi connectivity index (χ2n) is 4.95. The number of pyridine rings is 1. The monoisotopic (exact) mass is 335 g/mol. The maximum atomic E-state index is 12.5. The van der Waals surface area contributed by atoms with Gasteiger partial charge in [-0.25, -0.2) is 4.98 Å². The van der Waals surface area contributed by atoms with Crippen LogP contribution in [0.2, 0.25) is 5.15 Å². The van der Waals surface area contributed by atoms with E-state index in [1.807, 2.05) is 14.1 Å². The highest BCUT2D eigenvalue weighted by atomic mass is 35.5. The van der Waals surface area contributed by atoms with Crippen molar-refractivity contribution in [1.29, 1.82) is 0 Å². The number of nitrogens with zero attached hydrogens (tertiary/aromatic N) is 2. The Hall–Kier alpha value is -2.47. The zero-order valence-electron chi connectivity index (χ0n) is 13.4. The van der Waals surface area contributed by atoms with Gasteiger partial charge in [0.1, 0.15) is 22.5 Å². The molecule has 6 nitrogen and oxygen atoms in total. The number of rotatable bonds is 5. The Balaban J connectivity index is 2.32. The van der Waals surface area contributed by atoms with Crippen molar-refractivity contribution < 1.29 is 14.3 Å². The number of hydrogen-bond acceptors (Lipinski definition) is 5. The molecule has 0 fully saturated rings. The van der Waals surface area contributed by atoms with E-state index in [0.29, 0.717) is 28.6 Å². The van der Waals surface area contributed by atoms with Crippen LogP contribution in [0.25, 0.3) is 0 Å². The molecule has 2 aromatic rings. The summed E-state index contributed by atoms with van der Waals surface area (Å²) >= 11 is 5.98. The quantitative estimate of drug-likeness (QED) is 0.851. The van der Waals surface area contributed by atoms with Crippen molar-refractivity contribution in [2.75, 3.05) is 38.5 Å². The molecule has 0 atom stereocenters. The van der Waals surface area contributed by atoms with Crippen LogP contribution in [0.4, 0.5) is 11.5 Å². The SMILES string of the molecule is COc1ccc(OC)c(NC(=O)c2cc(Cl)nc(N(C)C)c2)c1. The molecular weight excluding hydrogens is 318 g/mol. The van der Waals surface area contributed by atoms with Crippen molar-refractivity contribution in [2.45, 2.75) is 0 Å². The van der Waals surface area contributed by atoms with Crippen LogP contribution in [0.1, 0.15) is 10.4 Å². The molecule has 0 aliphatic heterocycles. The summed E-state index contributed by atoms with van der Waals surface area (Å²) in [4.78, 5) is 18.4. The van der Waals surface area contributed by atoms with E-state index in [2.05, 4.69) is 10.3 Å². The third-order valence-electron chi connectivity index (χ3n) is 3.16. The van der Waals surface area contributed by atoms with E-state index in [-0.39, 0.29) is 11.1 Å². The van der Waals surface area contributed by atoms with Crippen molar-refractivity contribution in [3.8, 4) is 11.5 Å². The highest BCUT2D eigenvalue weighted by Crippen LogP contribution is 2.29. The molecule has 0 aliphatic rings. The van der Waals surface area contributed by atoms with Crippen LogP contribution in [-0.2, 0) is 0 Å². The standard InChI is InChI=1S/C16H18ClN3O3/c1-20(2)15-8-10(7-14(17)19-15)16(21)18-12-9-11(22-3)5-6-13(12)23-4/h5-9H,1-4H3,(H,18,21). The van der Waals surface area contributed by atoms with Crippen LogP contribution in [0.15, 0.2) is 30.3 Å². The highest BCUT2D eigenvalue weighted by molar-refractivity contribution is 6.30. The minimum absolute atomic E-state index is 0.249. The van der Waals surface area contributed by atoms with Gasteiger partial charge in [-0.1, -0.05) is 11.6 Å². The van der Waals surface area contributed by atoms with Gasteiger partial charge in [-0.15, -0.1) is 0 Å². The van der Waals surface area contributed by atoms with Crippen molar-refractivity contribution in [1.82, 2.24) is 4.98 Å². The molecule has 0 unspecified atom stereocenters.